The summed E-state index contributed by atoms with van der Waals surface area (Å²) in [4.78, 5) is 28.3. The first-order valence-electron chi connectivity index (χ1n) is 8.12. The van der Waals surface area contributed by atoms with Crippen LogP contribution < -0.4 is 5.32 Å². The second-order valence-corrected chi connectivity index (χ2v) is 6.26. The molecule has 0 spiro atoms. The number of pyridine rings is 1. The predicted octanol–water partition coefficient (Wildman–Crippen LogP) is 2.39. The van der Waals surface area contributed by atoms with Gasteiger partial charge >= 0.3 is 5.97 Å². The summed E-state index contributed by atoms with van der Waals surface area (Å²) in [5.41, 5.74) is 1.88. The minimum absolute atomic E-state index is 0.143. The van der Waals surface area contributed by atoms with Gasteiger partial charge in [-0.2, -0.15) is 5.10 Å². The molecular formula is C17H24N4O3. The highest BCUT2D eigenvalue weighted by Gasteiger charge is 2.15. The van der Waals surface area contributed by atoms with Crippen molar-refractivity contribution in [2.75, 3.05) is 6.54 Å². The van der Waals surface area contributed by atoms with E-state index < -0.39 is 0 Å². The molecule has 1 amide bonds. The highest BCUT2D eigenvalue weighted by atomic mass is 16.5. The second-order valence-electron chi connectivity index (χ2n) is 6.26. The molecule has 0 aliphatic rings. The molecule has 2 rings (SSSR count). The number of fused-ring (bicyclic) bond motifs is 1. The molecule has 0 aromatic carbocycles. The van der Waals surface area contributed by atoms with Crippen molar-refractivity contribution in [3.63, 3.8) is 0 Å². The van der Waals surface area contributed by atoms with E-state index >= 15 is 0 Å². The lowest BCUT2D eigenvalue weighted by atomic mass is 10.1. The van der Waals surface area contributed by atoms with Crippen LogP contribution in [0.5, 0.6) is 0 Å². The van der Waals surface area contributed by atoms with Gasteiger partial charge in [-0.15, -0.1) is 0 Å². The van der Waals surface area contributed by atoms with Gasteiger partial charge in [0.25, 0.3) is 5.91 Å². The van der Waals surface area contributed by atoms with Gasteiger partial charge in [0.2, 0.25) is 0 Å². The van der Waals surface area contributed by atoms with Crippen LogP contribution in [-0.2, 0) is 9.53 Å². The van der Waals surface area contributed by atoms with E-state index in [-0.39, 0.29) is 37.0 Å². The number of hydrogen-bond donors (Lipinski definition) is 1. The van der Waals surface area contributed by atoms with Gasteiger partial charge in [-0.25, -0.2) is 9.67 Å². The minimum Gasteiger partial charge on any atom is -0.463 e. The van der Waals surface area contributed by atoms with E-state index in [4.69, 9.17) is 4.74 Å². The van der Waals surface area contributed by atoms with Crippen LogP contribution in [0.15, 0.2) is 12.3 Å². The number of nitrogens with one attached hydrogen (secondary N) is 1. The first kappa shape index (κ1) is 17.9. The summed E-state index contributed by atoms with van der Waals surface area (Å²) in [6.07, 6.45) is 1.70. The number of ether oxygens (including phenoxy) is 1. The maximum absolute atomic E-state index is 12.3. The van der Waals surface area contributed by atoms with Crippen LogP contribution in [-0.4, -0.2) is 39.3 Å². The summed E-state index contributed by atoms with van der Waals surface area (Å²) >= 11 is 0. The first-order valence-corrected chi connectivity index (χ1v) is 8.12. The van der Waals surface area contributed by atoms with E-state index in [1.807, 2.05) is 18.5 Å². The lowest BCUT2D eigenvalue weighted by Crippen LogP contribution is -2.28. The molecule has 0 fully saturated rings. The zero-order chi connectivity index (χ0) is 17.9. The van der Waals surface area contributed by atoms with E-state index in [1.54, 1.807) is 33.0 Å². The molecule has 130 valence electrons. The van der Waals surface area contributed by atoms with E-state index in [9.17, 15) is 9.59 Å². The average Bonchev–Trinajstić information content (AvgIpc) is 2.88. The van der Waals surface area contributed by atoms with Crippen LogP contribution in [0.3, 0.4) is 0 Å². The van der Waals surface area contributed by atoms with Crippen LogP contribution in [0.25, 0.3) is 11.0 Å². The molecule has 0 aliphatic heterocycles. The third-order valence-electron chi connectivity index (χ3n) is 3.48. The maximum atomic E-state index is 12.3. The fraction of sp³-hybridized carbons (Fsp3) is 0.529. The Kier molecular flexibility index (Phi) is 5.54. The lowest BCUT2D eigenvalue weighted by molar-refractivity contribution is -0.147. The number of carbonyl (C=O) groups is 2. The highest BCUT2D eigenvalue weighted by Crippen LogP contribution is 2.19. The molecule has 0 radical (unpaired) electrons. The van der Waals surface area contributed by atoms with E-state index in [1.165, 1.54) is 0 Å². The van der Waals surface area contributed by atoms with E-state index in [0.29, 0.717) is 11.3 Å². The van der Waals surface area contributed by atoms with Crippen LogP contribution in [0.4, 0.5) is 0 Å². The Morgan fingerprint density at radius 1 is 1.29 bits per heavy atom. The number of amides is 1. The third-order valence-corrected chi connectivity index (χ3v) is 3.48. The molecule has 24 heavy (non-hydrogen) atoms. The van der Waals surface area contributed by atoms with Crippen molar-refractivity contribution < 1.29 is 14.3 Å². The second kappa shape index (κ2) is 7.42. The monoisotopic (exact) mass is 332 g/mol. The van der Waals surface area contributed by atoms with Gasteiger partial charge in [0.05, 0.1) is 30.0 Å². The maximum Gasteiger partial charge on any atom is 0.307 e. The van der Waals surface area contributed by atoms with Gasteiger partial charge < -0.3 is 10.1 Å². The standard InChI is InChI=1S/C17H24N4O3/c1-10(2)21-16-13(9-19-21)8-14(12(5)20-16)17(23)18-7-6-15(22)24-11(3)4/h8-11H,6-7H2,1-5H3,(H,18,23). The number of nitrogens with zero attached hydrogens (tertiary/aromatic N) is 3. The number of hydrogen-bond acceptors (Lipinski definition) is 5. The summed E-state index contributed by atoms with van der Waals surface area (Å²) in [5.74, 6) is -0.578. The summed E-state index contributed by atoms with van der Waals surface area (Å²) < 4.78 is 6.86. The Hall–Kier alpha value is -2.44. The molecule has 0 aliphatic carbocycles. The molecule has 0 saturated heterocycles. The number of aromatic nitrogens is 3. The van der Waals surface area contributed by atoms with Crippen molar-refractivity contribution in [3.8, 4) is 0 Å². The third kappa shape index (κ3) is 4.10. The summed E-state index contributed by atoms with van der Waals surface area (Å²) in [5, 5.41) is 7.86. The van der Waals surface area contributed by atoms with E-state index in [0.717, 1.165) is 11.0 Å². The molecule has 0 saturated carbocycles. The minimum atomic E-state index is -0.325. The Balaban J connectivity index is 2.07. The topological polar surface area (TPSA) is 86.1 Å². The number of carbonyl (C=O) groups excluding carboxylic acids is 2. The molecule has 0 unspecified atom stereocenters. The number of esters is 1. The molecule has 0 atom stereocenters. The first-order chi connectivity index (χ1) is 11.3. The summed E-state index contributed by atoms with van der Waals surface area (Å²) in [7, 11) is 0. The van der Waals surface area contributed by atoms with Crippen LogP contribution >= 0.6 is 0 Å². The number of rotatable bonds is 6. The lowest BCUT2D eigenvalue weighted by Gasteiger charge is -2.10. The molecular weight excluding hydrogens is 308 g/mol. The fourth-order valence-corrected chi connectivity index (χ4v) is 2.37. The van der Waals surface area contributed by atoms with Gasteiger partial charge in [-0.3, -0.25) is 9.59 Å². The van der Waals surface area contributed by atoms with Crippen LogP contribution in [0.1, 0.15) is 56.2 Å². The molecule has 7 nitrogen and oxygen atoms in total. The zero-order valence-electron chi connectivity index (χ0n) is 14.8. The van der Waals surface area contributed by atoms with Crippen LogP contribution in [0, 0.1) is 6.92 Å². The fourth-order valence-electron chi connectivity index (χ4n) is 2.37. The number of aryl methyl sites for hydroxylation is 1. The van der Waals surface area contributed by atoms with Crippen molar-refractivity contribution in [2.24, 2.45) is 0 Å². The molecule has 2 aromatic rings. The van der Waals surface area contributed by atoms with Crippen molar-refractivity contribution in [1.29, 1.82) is 0 Å². The quantitative estimate of drug-likeness (QED) is 0.821. The van der Waals surface area contributed by atoms with Gasteiger partial charge in [-0.1, -0.05) is 0 Å². The Bertz CT molecular complexity index is 750. The van der Waals surface area contributed by atoms with E-state index in [2.05, 4.69) is 15.4 Å². The van der Waals surface area contributed by atoms with Gasteiger partial charge in [0.15, 0.2) is 5.65 Å². The summed E-state index contributed by atoms with van der Waals surface area (Å²) in [6.45, 7) is 9.66. The normalized spacial score (nSPS) is 11.3. The Morgan fingerprint density at radius 3 is 2.62 bits per heavy atom. The smallest absolute Gasteiger partial charge is 0.307 e. The van der Waals surface area contributed by atoms with Crippen molar-refractivity contribution in [1.82, 2.24) is 20.1 Å². The van der Waals surface area contributed by atoms with Crippen molar-refractivity contribution in [3.05, 3.63) is 23.5 Å². The molecule has 1 N–H and O–H groups in total. The van der Waals surface area contributed by atoms with Crippen molar-refractivity contribution >= 4 is 22.9 Å². The van der Waals surface area contributed by atoms with Gasteiger partial charge in [0, 0.05) is 18.0 Å². The molecule has 0 bridgehead atoms. The average molecular weight is 332 g/mol. The molecule has 7 heteroatoms. The van der Waals surface area contributed by atoms with Gasteiger partial charge in [0.1, 0.15) is 0 Å². The Labute approximate surface area is 141 Å². The van der Waals surface area contributed by atoms with Crippen molar-refractivity contribution in [2.45, 2.75) is 53.2 Å². The largest absolute Gasteiger partial charge is 0.463 e. The SMILES string of the molecule is Cc1nc2c(cnn2C(C)C)cc1C(=O)NCCC(=O)OC(C)C. The molecule has 2 heterocycles. The summed E-state index contributed by atoms with van der Waals surface area (Å²) in [6, 6.07) is 1.98. The molecule has 2 aromatic heterocycles. The predicted molar refractivity (Wildman–Crippen MR) is 90.8 cm³/mol. The Morgan fingerprint density at radius 2 is 2.00 bits per heavy atom. The van der Waals surface area contributed by atoms with Crippen LogP contribution in [0.2, 0.25) is 0 Å². The highest BCUT2D eigenvalue weighted by molar-refractivity contribution is 5.98. The van der Waals surface area contributed by atoms with Gasteiger partial charge in [-0.05, 0) is 40.7 Å². The zero-order valence-corrected chi connectivity index (χ0v) is 14.8.